The SMILES string of the molecule is COc1ccc2ncc3c(c2n1)[C@H](CN1CCC(NCc2ccc4c(n2)NC(=O)CS4)C(CO)C1)CO3. The van der Waals surface area contributed by atoms with Gasteiger partial charge < -0.3 is 30.1 Å². The molecular weight excluding hydrogens is 492 g/mol. The van der Waals surface area contributed by atoms with Crippen molar-refractivity contribution in [2.45, 2.75) is 29.8 Å². The van der Waals surface area contributed by atoms with E-state index in [0.29, 0.717) is 30.6 Å². The minimum absolute atomic E-state index is 0.0164. The number of methoxy groups -OCH3 is 1. The first-order valence-electron chi connectivity index (χ1n) is 12.6. The number of ether oxygens (including phenoxy) is 2. The van der Waals surface area contributed by atoms with Crippen LogP contribution in [0.1, 0.15) is 23.6 Å². The van der Waals surface area contributed by atoms with Gasteiger partial charge in [0, 0.05) is 55.7 Å². The summed E-state index contributed by atoms with van der Waals surface area (Å²) < 4.78 is 11.3. The molecule has 6 heterocycles. The molecule has 6 rings (SSSR count). The molecule has 3 aromatic heterocycles. The lowest BCUT2D eigenvalue weighted by Gasteiger charge is -2.39. The first-order chi connectivity index (χ1) is 18.1. The Morgan fingerprint density at radius 3 is 3.08 bits per heavy atom. The van der Waals surface area contributed by atoms with Gasteiger partial charge in [-0.25, -0.2) is 9.97 Å². The summed E-state index contributed by atoms with van der Waals surface area (Å²) in [6, 6.07) is 7.95. The molecule has 194 valence electrons. The Hall–Kier alpha value is -2.99. The number of likely N-dealkylation sites (tertiary alicyclic amines) is 1. The summed E-state index contributed by atoms with van der Waals surface area (Å²) in [6.45, 7) is 3.84. The molecule has 0 bridgehead atoms. The van der Waals surface area contributed by atoms with E-state index in [2.05, 4.69) is 30.5 Å². The van der Waals surface area contributed by atoms with Gasteiger partial charge >= 0.3 is 0 Å². The number of amides is 1. The molecule has 0 spiro atoms. The van der Waals surface area contributed by atoms with Crippen LogP contribution in [0.5, 0.6) is 11.6 Å². The first kappa shape index (κ1) is 24.4. The molecule has 3 aliphatic rings. The third-order valence-corrected chi connectivity index (χ3v) is 8.40. The van der Waals surface area contributed by atoms with Gasteiger partial charge in [0.05, 0.1) is 41.8 Å². The van der Waals surface area contributed by atoms with E-state index in [0.717, 1.165) is 59.0 Å². The Morgan fingerprint density at radius 1 is 1.30 bits per heavy atom. The number of nitrogens with one attached hydrogen (secondary N) is 2. The van der Waals surface area contributed by atoms with Crippen LogP contribution in [0, 0.1) is 5.92 Å². The van der Waals surface area contributed by atoms with Crippen LogP contribution < -0.4 is 20.1 Å². The van der Waals surface area contributed by atoms with E-state index in [1.54, 1.807) is 13.3 Å². The molecular formula is C26H30N6O4S. The van der Waals surface area contributed by atoms with Crippen molar-refractivity contribution in [2.75, 3.05) is 51.0 Å². The van der Waals surface area contributed by atoms with Crippen LogP contribution in [0.4, 0.5) is 5.82 Å². The van der Waals surface area contributed by atoms with Crippen LogP contribution in [0.3, 0.4) is 0 Å². The number of nitrogens with zero attached hydrogens (tertiary/aromatic N) is 4. The molecule has 10 nitrogen and oxygen atoms in total. The molecule has 3 aliphatic heterocycles. The topological polar surface area (TPSA) is 122 Å². The second-order valence-electron chi connectivity index (χ2n) is 9.73. The summed E-state index contributed by atoms with van der Waals surface area (Å²) in [5, 5.41) is 16.6. The van der Waals surface area contributed by atoms with E-state index in [1.807, 2.05) is 24.3 Å². The number of carbonyl (C=O) groups excluding carboxylic acids is 1. The highest BCUT2D eigenvalue weighted by Crippen LogP contribution is 2.39. The van der Waals surface area contributed by atoms with Gasteiger partial charge in [0.2, 0.25) is 11.8 Å². The number of aliphatic hydroxyl groups excluding tert-OH is 1. The van der Waals surface area contributed by atoms with Crippen LogP contribution in [-0.4, -0.2) is 82.6 Å². The second kappa shape index (κ2) is 10.4. The minimum Gasteiger partial charge on any atom is -0.491 e. The maximum atomic E-state index is 11.7. The van der Waals surface area contributed by atoms with Crippen LogP contribution in [-0.2, 0) is 11.3 Å². The molecule has 0 aromatic carbocycles. The lowest BCUT2D eigenvalue weighted by molar-refractivity contribution is -0.113. The van der Waals surface area contributed by atoms with Crippen molar-refractivity contribution in [3.63, 3.8) is 0 Å². The van der Waals surface area contributed by atoms with Crippen LogP contribution >= 0.6 is 11.8 Å². The Kier molecular flexibility index (Phi) is 6.85. The average Bonchev–Trinajstić information content (AvgIpc) is 3.34. The zero-order valence-corrected chi connectivity index (χ0v) is 21.5. The molecule has 37 heavy (non-hydrogen) atoms. The third kappa shape index (κ3) is 4.96. The smallest absolute Gasteiger partial charge is 0.235 e. The normalized spacial score (nSPS) is 23.3. The first-order valence-corrected chi connectivity index (χ1v) is 13.6. The van der Waals surface area contributed by atoms with Crippen molar-refractivity contribution in [3.05, 3.63) is 41.7 Å². The summed E-state index contributed by atoms with van der Waals surface area (Å²) in [5.74, 6) is 2.70. The number of hydrogen-bond acceptors (Lipinski definition) is 10. The Balaban J connectivity index is 1.10. The highest BCUT2D eigenvalue weighted by molar-refractivity contribution is 8.00. The van der Waals surface area contributed by atoms with E-state index in [4.69, 9.17) is 9.47 Å². The number of aromatic nitrogens is 3. The summed E-state index contributed by atoms with van der Waals surface area (Å²) in [6.07, 6.45) is 2.71. The number of piperidine rings is 1. The van der Waals surface area contributed by atoms with E-state index >= 15 is 0 Å². The molecule has 1 amide bonds. The van der Waals surface area contributed by atoms with Crippen LogP contribution in [0.25, 0.3) is 11.0 Å². The zero-order chi connectivity index (χ0) is 25.4. The molecule has 0 saturated carbocycles. The predicted molar refractivity (Wildman–Crippen MR) is 140 cm³/mol. The predicted octanol–water partition coefficient (Wildman–Crippen LogP) is 2.03. The van der Waals surface area contributed by atoms with Gasteiger partial charge in [-0.15, -0.1) is 11.8 Å². The molecule has 3 atom stereocenters. The maximum absolute atomic E-state index is 11.7. The fourth-order valence-corrected chi connectivity index (χ4v) is 6.23. The molecule has 1 saturated heterocycles. The van der Waals surface area contributed by atoms with Gasteiger partial charge in [-0.3, -0.25) is 9.78 Å². The molecule has 0 radical (unpaired) electrons. The maximum Gasteiger partial charge on any atom is 0.235 e. The summed E-state index contributed by atoms with van der Waals surface area (Å²) >= 11 is 1.51. The van der Waals surface area contributed by atoms with E-state index < -0.39 is 0 Å². The van der Waals surface area contributed by atoms with Gasteiger partial charge in [-0.1, -0.05) is 0 Å². The molecule has 2 unspecified atom stereocenters. The Bertz CT molecular complexity index is 1320. The minimum atomic E-state index is -0.0164. The summed E-state index contributed by atoms with van der Waals surface area (Å²) in [4.78, 5) is 28.9. The highest BCUT2D eigenvalue weighted by Gasteiger charge is 2.34. The van der Waals surface area contributed by atoms with Crippen molar-refractivity contribution < 1.29 is 19.4 Å². The van der Waals surface area contributed by atoms with Crippen molar-refractivity contribution in [3.8, 4) is 11.6 Å². The van der Waals surface area contributed by atoms with Gasteiger partial charge in [0.1, 0.15) is 17.1 Å². The van der Waals surface area contributed by atoms with E-state index in [9.17, 15) is 9.90 Å². The molecule has 11 heteroatoms. The van der Waals surface area contributed by atoms with Gasteiger partial charge in [-0.05, 0) is 31.2 Å². The summed E-state index contributed by atoms with van der Waals surface area (Å²) in [5.41, 5.74) is 3.64. The van der Waals surface area contributed by atoms with Gasteiger partial charge in [0.15, 0.2) is 0 Å². The average molecular weight is 523 g/mol. The lowest BCUT2D eigenvalue weighted by Crippen LogP contribution is -2.51. The number of anilines is 1. The number of thioether (sulfide) groups is 1. The molecule has 3 N–H and O–H groups in total. The Morgan fingerprint density at radius 2 is 2.22 bits per heavy atom. The number of carbonyl (C=O) groups is 1. The number of rotatable bonds is 7. The largest absolute Gasteiger partial charge is 0.491 e. The van der Waals surface area contributed by atoms with Crippen molar-refractivity contribution >= 4 is 34.5 Å². The van der Waals surface area contributed by atoms with Crippen molar-refractivity contribution in [1.29, 1.82) is 0 Å². The van der Waals surface area contributed by atoms with Crippen molar-refractivity contribution in [1.82, 2.24) is 25.2 Å². The quantitative estimate of drug-likeness (QED) is 0.425. The monoisotopic (exact) mass is 522 g/mol. The fourth-order valence-electron chi connectivity index (χ4n) is 5.47. The highest BCUT2D eigenvalue weighted by atomic mass is 32.2. The number of pyridine rings is 3. The van der Waals surface area contributed by atoms with Crippen LogP contribution in [0.2, 0.25) is 0 Å². The van der Waals surface area contributed by atoms with Crippen LogP contribution in [0.15, 0.2) is 35.4 Å². The molecule has 1 fully saturated rings. The Labute approximate surface area is 219 Å². The fraction of sp³-hybridized carbons (Fsp3) is 0.462. The summed E-state index contributed by atoms with van der Waals surface area (Å²) in [7, 11) is 1.62. The zero-order valence-electron chi connectivity index (χ0n) is 20.6. The standard InChI is InChI=1S/C26H30N6O4S/c1-35-23-5-3-19-25(31-23)24-16(13-36-20(24)9-28-19)11-32-7-6-18(15(10-32)12-33)27-8-17-2-4-21-26(29-17)30-22(34)14-37-21/h2-5,9,15-16,18,27,33H,6-8,10-14H2,1H3,(H,29,30,34)/t15?,16-,18?/m1/s1. The lowest BCUT2D eigenvalue weighted by atomic mass is 9.91. The second-order valence-corrected chi connectivity index (χ2v) is 10.7. The number of fused-ring (bicyclic) bond motifs is 4. The van der Waals surface area contributed by atoms with Gasteiger partial charge in [-0.2, -0.15) is 0 Å². The van der Waals surface area contributed by atoms with Crippen molar-refractivity contribution in [2.24, 2.45) is 5.92 Å². The van der Waals surface area contributed by atoms with Gasteiger partial charge in [0.25, 0.3) is 0 Å². The molecule has 0 aliphatic carbocycles. The molecule has 3 aromatic rings. The van der Waals surface area contributed by atoms with E-state index in [-0.39, 0.29) is 30.4 Å². The van der Waals surface area contributed by atoms with E-state index in [1.165, 1.54) is 11.8 Å². The number of aliphatic hydroxyl groups is 1. The number of hydrogen-bond donors (Lipinski definition) is 3. The third-order valence-electron chi connectivity index (χ3n) is 7.36.